The number of aromatic nitrogens is 1. The highest BCUT2D eigenvalue weighted by molar-refractivity contribution is 5.83. The molecule has 0 spiro atoms. The van der Waals surface area contributed by atoms with Crippen molar-refractivity contribution in [1.82, 2.24) is 4.98 Å². The Balaban J connectivity index is 1.63. The summed E-state index contributed by atoms with van der Waals surface area (Å²) >= 11 is 0. The smallest absolute Gasteiger partial charge is 0.120 e. The first kappa shape index (κ1) is 20.2. The number of aryl methyl sites for hydroxylation is 4. The molecule has 0 fully saturated rings. The topological polar surface area (TPSA) is 22.1 Å². The second kappa shape index (κ2) is 8.71. The van der Waals surface area contributed by atoms with Gasteiger partial charge in [-0.25, -0.2) is 0 Å². The molecule has 0 aliphatic heterocycles. The van der Waals surface area contributed by atoms with Crippen LogP contribution in [-0.4, -0.2) is 4.98 Å². The van der Waals surface area contributed by atoms with Gasteiger partial charge in [0.2, 0.25) is 0 Å². The monoisotopic (exact) mass is 395 g/mol. The van der Waals surface area contributed by atoms with Crippen LogP contribution >= 0.6 is 0 Å². The zero-order valence-corrected chi connectivity index (χ0v) is 18.3. The SMILES string of the molecule is CCc1cccc(CC)c1-c1cc(C)c(COc2ccc3ccccc3c2)c(C)n1. The van der Waals surface area contributed by atoms with E-state index in [4.69, 9.17) is 9.72 Å². The van der Waals surface area contributed by atoms with Gasteiger partial charge in [0.1, 0.15) is 12.4 Å². The lowest BCUT2D eigenvalue weighted by molar-refractivity contribution is 0.304. The van der Waals surface area contributed by atoms with Gasteiger partial charge in [-0.3, -0.25) is 4.98 Å². The largest absolute Gasteiger partial charge is 0.489 e. The van der Waals surface area contributed by atoms with Crippen LogP contribution in [0.1, 0.15) is 41.8 Å². The van der Waals surface area contributed by atoms with Crippen molar-refractivity contribution < 1.29 is 4.74 Å². The molecule has 0 saturated carbocycles. The summed E-state index contributed by atoms with van der Waals surface area (Å²) in [6, 6.07) is 23.4. The number of benzene rings is 3. The quantitative estimate of drug-likeness (QED) is 0.344. The molecular weight excluding hydrogens is 366 g/mol. The van der Waals surface area contributed by atoms with Crippen molar-refractivity contribution in [1.29, 1.82) is 0 Å². The van der Waals surface area contributed by atoms with Gasteiger partial charge in [0.25, 0.3) is 0 Å². The van der Waals surface area contributed by atoms with Crippen LogP contribution in [0.4, 0.5) is 0 Å². The molecule has 4 rings (SSSR count). The summed E-state index contributed by atoms with van der Waals surface area (Å²) in [6.07, 6.45) is 2.02. The van der Waals surface area contributed by atoms with E-state index in [2.05, 4.69) is 88.4 Å². The molecule has 0 aliphatic carbocycles. The van der Waals surface area contributed by atoms with Crippen molar-refractivity contribution in [3.63, 3.8) is 0 Å². The number of ether oxygens (including phenoxy) is 1. The minimum Gasteiger partial charge on any atom is -0.489 e. The molecule has 0 saturated heterocycles. The summed E-state index contributed by atoms with van der Waals surface area (Å²) in [5, 5.41) is 2.42. The number of fused-ring (bicyclic) bond motifs is 1. The molecule has 30 heavy (non-hydrogen) atoms. The van der Waals surface area contributed by atoms with Gasteiger partial charge in [-0.1, -0.05) is 62.4 Å². The van der Waals surface area contributed by atoms with Crippen molar-refractivity contribution in [3.05, 3.63) is 94.7 Å². The molecule has 0 amide bonds. The molecular formula is C28H29NO. The first-order chi connectivity index (χ1) is 14.6. The second-order valence-corrected chi connectivity index (χ2v) is 7.84. The van der Waals surface area contributed by atoms with Crippen molar-refractivity contribution in [2.24, 2.45) is 0 Å². The third kappa shape index (κ3) is 3.95. The standard InChI is InChI=1S/C28H29NO/c1-5-21-12-9-13-22(6-2)28(21)27-16-19(3)26(20(4)29-27)18-30-25-15-14-23-10-7-8-11-24(23)17-25/h7-17H,5-6,18H2,1-4H3. The maximum atomic E-state index is 6.16. The Bertz CT molecular complexity index is 1150. The van der Waals surface area contributed by atoms with E-state index < -0.39 is 0 Å². The van der Waals surface area contributed by atoms with Crippen LogP contribution in [0.25, 0.3) is 22.0 Å². The van der Waals surface area contributed by atoms with Gasteiger partial charge in [-0.15, -0.1) is 0 Å². The van der Waals surface area contributed by atoms with Crippen LogP contribution in [0, 0.1) is 13.8 Å². The zero-order valence-electron chi connectivity index (χ0n) is 18.3. The summed E-state index contributed by atoms with van der Waals surface area (Å²) in [5.74, 6) is 0.890. The van der Waals surface area contributed by atoms with Crippen LogP contribution in [-0.2, 0) is 19.4 Å². The van der Waals surface area contributed by atoms with E-state index in [0.717, 1.165) is 30.0 Å². The third-order valence-corrected chi connectivity index (χ3v) is 5.91. The highest BCUT2D eigenvalue weighted by Crippen LogP contribution is 2.30. The lowest BCUT2D eigenvalue weighted by Crippen LogP contribution is -2.05. The predicted octanol–water partition coefficient (Wildman–Crippen LogP) is 7.22. The Morgan fingerprint density at radius 3 is 2.13 bits per heavy atom. The fourth-order valence-corrected chi connectivity index (χ4v) is 4.19. The maximum Gasteiger partial charge on any atom is 0.120 e. The number of hydrogen-bond acceptors (Lipinski definition) is 2. The lowest BCUT2D eigenvalue weighted by Gasteiger charge is -2.17. The molecule has 1 aromatic heterocycles. The Morgan fingerprint density at radius 1 is 0.767 bits per heavy atom. The first-order valence-corrected chi connectivity index (χ1v) is 10.8. The Morgan fingerprint density at radius 2 is 1.47 bits per heavy atom. The second-order valence-electron chi connectivity index (χ2n) is 7.84. The molecule has 2 heteroatoms. The van der Waals surface area contributed by atoms with Crippen LogP contribution in [0.2, 0.25) is 0 Å². The van der Waals surface area contributed by atoms with Crippen molar-refractivity contribution >= 4 is 10.8 Å². The first-order valence-electron chi connectivity index (χ1n) is 10.8. The van der Waals surface area contributed by atoms with Crippen LogP contribution in [0.3, 0.4) is 0 Å². The number of hydrogen-bond donors (Lipinski definition) is 0. The fraction of sp³-hybridized carbons (Fsp3) is 0.250. The molecule has 0 aliphatic rings. The minimum absolute atomic E-state index is 0.527. The molecule has 4 aromatic rings. The highest BCUT2D eigenvalue weighted by Gasteiger charge is 2.14. The van der Waals surface area contributed by atoms with Crippen LogP contribution < -0.4 is 4.74 Å². The van der Waals surface area contributed by atoms with E-state index in [1.807, 2.05) is 6.07 Å². The van der Waals surface area contributed by atoms with E-state index in [1.54, 1.807) is 0 Å². The summed E-state index contributed by atoms with van der Waals surface area (Å²) < 4.78 is 6.16. The van der Waals surface area contributed by atoms with Gasteiger partial charge in [0.05, 0.1) is 5.69 Å². The van der Waals surface area contributed by atoms with Gasteiger partial charge in [-0.05, 0) is 72.4 Å². The van der Waals surface area contributed by atoms with E-state index in [1.165, 1.54) is 38.6 Å². The molecule has 0 N–H and O–H groups in total. The van der Waals surface area contributed by atoms with Gasteiger partial charge in [-0.2, -0.15) is 0 Å². The minimum atomic E-state index is 0.527. The summed E-state index contributed by atoms with van der Waals surface area (Å²) in [7, 11) is 0. The average Bonchev–Trinajstić information content (AvgIpc) is 2.77. The normalized spacial score (nSPS) is 11.1. The van der Waals surface area contributed by atoms with Gasteiger partial charge in [0, 0.05) is 16.8 Å². The molecule has 0 atom stereocenters. The lowest BCUT2D eigenvalue weighted by atomic mass is 9.93. The molecule has 0 bridgehead atoms. The van der Waals surface area contributed by atoms with Gasteiger partial charge >= 0.3 is 0 Å². The van der Waals surface area contributed by atoms with E-state index in [0.29, 0.717) is 6.61 Å². The Labute approximate surface area is 179 Å². The predicted molar refractivity (Wildman–Crippen MR) is 126 cm³/mol. The maximum absolute atomic E-state index is 6.16. The number of rotatable bonds is 6. The van der Waals surface area contributed by atoms with Crippen molar-refractivity contribution in [2.45, 2.75) is 47.1 Å². The molecule has 0 unspecified atom stereocenters. The third-order valence-electron chi connectivity index (χ3n) is 5.91. The summed E-state index contributed by atoms with van der Waals surface area (Å²) in [6.45, 7) is 9.21. The molecule has 3 aromatic carbocycles. The van der Waals surface area contributed by atoms with Crippen LogP contribution in [0.5, 0.6) is 5.75 Å². The number of nitrogens with zero attached hydrogens (tertiary/aromatic N) is 1. The average molecular weight is 396 g/mol. The summed E-state index contributed by atoms with van der Waals surface area (Å²) in [4.78, 5) is 5.00. The number of pyridine rings is 1. The van der Waals surface area contributed by atoms with Gasteiger partial charge in [0.15, 0.2) is 0 Å². The Kier molecular flexibility index (Phi) is 5.85. The Hall–Kier alpha value is -3.13. The molecule has 1 heterocycles. The molecule has 2 nitrogen and oxygen atoms in total. The highest BCUT2D eigenvalue weighted by atomic mass is 16.5. The van der Waals surface area contributed by atoms with E-state index >= 15 is 0 Å². The van der Waals surface area contributed by atoms with Crippen LogP contribution in [0.15, 0.2) is 66.7 Å². The summed E-state index contributed by atoms with van der Waals surface area (Å²) in [5.41, 5.74) is 8.54. The van der Waals surface area contributed by atoms with E-state index in [-0.39, 0.29) is 0 Å². The van der Waals surface area contributed by atoms with E-state index in [9.17, 15) is 0 Å². The fourth-order valence-electron chi connectivity index (χ4n) is 4.19. The van der Waals surface area contributed by atoms with Gasteiger partial charge < -0.3 is 4.74 Å². The van der Waals surface area contributed by atoms with Crippen molar-refractivity contribution in [2.75, 3.05) is 0 Å². The zero-order chi connectivity index (χ0) is 21.1. The molecule has 0 radical (unpaired) electrons. The molecule has 152 valence electrons. The van der Waals surface area contributed by atoms with Crippen molar-refractivity contribution in [3.8, 4) is 17.0 Å².